The van der Waals surface area contributed by atoms with Gasteiger partial charge < -0.3 is 15.6 Å². The van der Waals surface area contributed by atoms with Crippen molar-refractivity contribution in [1.29, 1.82) is 0 Å². The topological polar surface area (TPSA) is 89.6 Å². The molecule has 0 aliphatic carbocycles. The number of benzene rings is 1. The summed E-state index contributed by atoms with van der Waals surface area (Å²) in [5, 5.41) is 9.54. The highest BCUT2D eigenvalue weighted by Gasteiger charge is 2.15. The minimum Gasteiger partial charge on any atom is -0.505 e. The van der Waals surface area contributed by atoms with Gasteiger partial charge in [0.25, 0.3) is 0 Å². The summed E-state index contributed by atoms with van der Waals surface area (Å²) in [7, 11) is 1.25. The fraction of sp³-hybridized carbons (Fsp3) is 0.333. The van der Waals surface area contributed by atoms with Gasteiger partial charge in [0.2, 0.25) is 0 Å². The lowest BCUT2D eigenvalue weighted by molar-refractivity contribution is -0.140. The number of nitrogens with two attached hydrogens (primary N) is 1. The molecule has 0 saturated carbocycles. The smallest absolute Gasteiger partial charge is 0.305 e. The third kappa shape index (κ3) is 3.44. The summed E-state index contributed by atoms with van der Waals surface area (Å²) in [4.78, 5) is 22.5. The quantitative estimate of drug-likeness (QED) is 0.361. The highest BCUT2D eigenvalue weighted by Crippen LogP contribution is 2.27. The van der Waals surface area contributed by atoms with Crippen LogP contribution in [0.25, 0.3) is 0 Å². The molecular formula is C12H14FNO4. The molecule has 0 saturated heterocycles. The van der Waals surface area contributed by atoms with Crippen LogP contribution in [0.3, 0.4) is 0 Å². The lowest BCUT2D eigenvalue weighted by atomic mass is 10.0. The Kier molecular flexibility index (Phi) is 4.65. The van der Waals surface area contributed by atoms with E-state index in [1.165, 1.54) is 7.11 Å². The third-order valence-electron chi connectivity index (χ3n) is 2.42. The van der Waals surface area contributed by atoms with Crippen LogP contribution in [0.1, 0.15) is 29.6 Å². The highest BCUT2D eigenvalue weighted by molar-refractivity contribution is 6.00. The number of methoxy groups -OCH3 is 1. The first-order valence-electron chi connectivity index (χ1n) is 5.33. The average molecular weight is 255 g/mol. The van der Waals surface area contributed by atoms with E-state index in [9.17, 15) is 19.1 Å². The Bertz CT molecular complexity index is 473. The minimum atomic E-state index is -0.693. The van der Waals surface area contributed by atoms with Crippen LogP contribution in [0.15, 0.2) is 12.1 Å². The van der Waals surface area contributed by atoms with E-state index in [0.717, 1.165) is 12.1 Å². The number of carbonyl (C=O) groups excluding carboxylic acids is 2. The van der Waals surface area contributed by atoms with Crippen LogP contribution in [0.5, 0.6) is 5.75 Å². The summed E-state index contributed by atoms with van der Waals surface area (Å²) < 4.78 is 17.5. The van der Waals surface area contributed by atoms with Crippen LogP contribution in [0.4, 0.5) is 10.1 Å². The lowest BCUT2D eigenvalue weighted by Gasteiger charge is -2.06. The number of anilines is 1. The van der Waals surface area contributed by atoms with Crippen molar-refractivity contribution in [3.63, 3.8) is 0 Å². The summed E-state index contributed by atoms with van der Waals surface area (Å²) in [5.41, 5.74) is 4.98. The van der Waals surface area contributed by atoms with Crippen molar-refractivity contribution in [2.75, 3.05) is 12.8 Å². The zero-order chi connectivity index (χ0) is 13.7. The SMILES string of the molecule is COC(=O)CCCC(=O)c1cc(F)cc(N)c1O. The van der Waals surface area contributed by atoms with Gasteiger partial charge in [-0.25, -0.2) is 4.39 Å². The van der Waals surface area contributed by atoms with Crippen molar-refractivity contribution in [3.8, 4) is 5.75 Å². The molecule has 1 aromatic carbocycles. The number of esters is 1. The van der Waals surface area contributed by atoms with Crippen LogP contribution in [0.2, 0.25) is 0 Å². The number of rotatable bonds is 5. The summed E-state index contributed by atoms with van der Waals surface area (Å²) in [6, 6.07) is 1.85. The van der Waals surface area contributed by atoms with Crippen molar-refractivity contribution < 1.29 is 23.8 Å². The predicted molar refractivity (Wildman–Crippen MR) is 62.7 cm³/mol. The molecule has 0 heterocycles. The molecule has 0 aromatic heterocycles. The van der Waals surface area contributed by atoms with Gasteiger partial charge in [-0.1, -0.05) is 0 Å². The van der Waals surface area contributed by atoms with Gasteiger partial charge in [0, 0.05) is 18.9 Å². The zero-order valence-electron chi connectivity index (χ0n) is 9.90. The van der Waals surface area contributed by atoms with Crippen molar-refractivity contribution in [2.45, 2.75) is 19.3 Å². The summed E-state index contributed by atoms with van der Waals surface area (Å²) in [5.74, 6) is -2.02. The molecule has 0 aliphatic rings. The van der Waals surface area contributed by atoms with Crippen LogP contribution in [0, 0.1) is 5.82 Å². The number of hydrogen-bond donors (Lipinski definition) is 2. The van der Waals surface area contributed by atoms with Crippen molar-refractivity contribution >= 4 is 17.4 Å². The van der Waals surface area contributed by atoms with Gasteiger partial charge in [-0.05, 0) is 12.5 Å². The molecule has 1 rings (SSSR count). The molecule has 5 nitrogen and oxygen atoms in total. The standard InChI is InChI=1S/C12H14FNO4/c1-18-11(16)4-2-3-10(15)8-5-7(13)6-9(14)12(8)17/h5-6,17H,2-4,14H2,1H3. The van der Waals surface area contributed by atoms with Crippen LogP contribution >= 0.6 is 0 Å². The number of nitrogen functional groups attached to an aromatic ring is 1. The maximum atomic E-state index is 13.1. The lowest BCUT2D eigenvalue weighted by Crippen LogP contribution is -2.05. The number of aromatic hydroxyl groups is 1. The number of phenols is 1. The highest BCUT2D eigenvalue weighted by atomic mass is 19.1. The van der Waals surface area contributed by atoms with Gasteiger partial charge in [-0.3, -0.25) is 9.59 Å². The molecular weight excluding hydrogens is 241 g/mol. The van der Waals surface area contributed by atoms with Gasteiger partial charge in [0.15, 0.2) is 5.78 Å². The predicted octanol–water partition coefficient (Wildman–Crippen LogP) is 1.64. The van der Waals surface area contributed by atoms with Gasteiger partial charge in [0.1, 0.15) is 11.6 Å². The first-order chi connectivity index (χ1) is 8.45. The molecule has 1 aromatic rings. The molecule has 98 valence electrons. The minimum absolute atomic E-state index is 0.00551. The fourth-order valence-corrected chi connectivity index (χ4v) is 1.46. The molecule has 0 amide bonds. The van der Waals surface area contributed by atoms with Crippen LogP contribution < -0.4 is 5.73 Å². The Morgan fingerprint density at radius 2 is 2.06 bits per heavy atom. The summed E-state index contributed by atoms with van der Waals surface area (Å²) in [6.45, 7) is 0. The molecule has 0 aliphatic heterocycles. The molecule has 0 bridgehead atoms. The molecule has 0 spiro atoms. The second-order valence-electron chi connectivity index (χ2n) is 3.74. The van der Waals surface area contributed by atoms with E-state index < -0.39 is 23.3 Å². The number of halogens is 1. The molecule has 6 heteroatoms. The van der Waals surface area contributed by atoms with Gasteiger partial charge in [-0.2, -0.15) is 0 Å². The Balaban J connectivity index is 2.70. The Morgan fingerprint density at radius 1 is 1.39 bits per heavy atom. The molecule has 0 atom stereocenters. The molecule has 18 heavy (non-hydrogen) atoms. The second kappa shape index (κ2) is 6.00. The van der Waals surface area contributed by atoms with E-state index in [0.29, 0.717) is 0 Å². The first kappa shape index (κ1) is 14.0. The molecule has 0 radical (unpaired) electrons. The van der Waals surface area contributed by atoms with E-state index in [1.54, 1.807) is 0 Å². The number of hydrogen-bond acceptors (Lipinski definition) is 5. The number of Topliss-reactive ketones (excluding diaryl/α,β-unsaturated/α-hetero) is 1. The third-order valence-corrected chi connectivity index (χ3v) is 2.42. The molecule has 3 N–H and O–H groups in total. The van der Waals surface area contributed by atoms with E-state index in [2.05, 4.69) is 4.74 Å². The normalized spacial score (nSPS) is 10.1. The molecule has 0 unspecified atom stereocenters. The largest absolute Gasteiger partial charge is 0.505 e. The fourth-order valence-electron chi connectivity index (χ4n) is 1.46. The second-order valence-corrected chi connectivity index (χ2v) is 3.74. The van der Waals surface area contributed by atoms with Crippen molar-refractivity contribution in [1.82, 2.24) is 0 Å². The Hall–Kier alpha value is -2.11. The van der Waals surface area contributed by atoms with Crippen LogP contribution in [-0.2, 0) is 9.53 Å². The number of carbonyl (C=O) groups is 2. The number of ether oxygens (including phenoxy) is 1. The van der Waals surface area contributed by atoms with Crippen LogP contribution in [-0.4, -0.2) is 24.0 Å². The Morgan fingerprint density at radius 3 is 2.67 bits per heavy atom. The Labute approximate surface area is 103 Å². The number of phenolic OH excluding ortho intramolecular Hbond substituents is 1. The van der Waals surface area contributed by atoms with E-state index in [-0.39, 0.29) is 30.5 Å². The van der Waals surface area contributed by atoms with E-state index in [4.69, 9.17) is 5.73 Å². The maximum Gasteiger partial charge on any atom is 0.305 e. The number of ketones is 1. The average Bonchev–Trinajstić information content (AvgIpc) is 2.33. The van der Waals surface area contributed by atoms with Gasteiger partial charge >= 0.3 is 5.97 Å². The zero-order valence-corrected chi connectivity index (χ0v) is 9.90. The van der Waals surface area contributed by atoms with Crippen molar-refractivity contribution in [3.05, 3.63) is 23.5 Å². The van der Waals surface area contributed by atoms with Crippen molar-refractivity contribution in [2.24, 2.45) is 0 Å². The van der Waals surface area contributed by atoms with E-state index in [1.807, 2.05) is 0 Å². The van der Waals surface area contributed by atoms with Gasteiger partial charge in [0.05, 0.1) is 18.4 Å². The van der Waals surface area contributed by atoms with Gasteiger partial charge in [-0.15, -0.1) is 0 Å². The molecule has 0 fully saturated rings. The summed E-state index contributed by atoms with van der Waals surface area (Å²) >= 11 is 0. The monoisotopic (exact) mass is 255 g/mol. The first-order valence-corrected chi connectivity index (χ1v) is 5.33. The summed E-state index contributed by atoms with van der Waals surface area (Å²) in [6.07, 6.45) is 0.362. The van der Waals surface area contributed by atoms with E-state index >= 15 is 0 Å². The maximum absolute atomic E-state index is 13.1.